The summed E-state index contributed by atoms with van der Waals surface area (Å²) in [5, 5.41) is 20.2. The number of nitrogens with zero attached hydrogens (tertiary/aromatic N) is 1. The van der Waals surface area contributed by atoms with Crippen LogP contribution in [0.3, 0.4) is 0 Å². The Morgan fingerprint density at radius 2 is 2.10 bits per heavy atom. The van der Waals surface area contributed by atoms with Crippen molar-refractivity contribution in [1.82, 2.24) is 9.55 Å². The summed E-state index contributed by atoms with van der Waals surface area (Å²) in [7, 11) is -4.41. The Morgan fingerprint density at radius 3 is 2.83 bits per heavy atom. The molecule has 3 heterocycles. The molecular weight excluding hydrogens is 433 g/mol. The lowest BCUT2D eigenvalue weighted by Crippen LogP contribution is -2.43. The second-order valence-corrected chi connectivity index (χ2v) is 8.18. The average Bonchev–Trinajstić information content (AvgIpc) is 2.91. The first-order chi connectivity index (χ1) is 14.1. The number of alkyl halides is 1. The lowest BCUT2D eigenvalue weighted by Gasteiger charge is -2.28. The number of aromatic nitrogens is 2. The molecule has 4 rings (SSSR count). The third-order valence-electron chi connectivity index (χ3n) is 4.54. The van der Waals surface area contributed by atoms with Crippen LogP contribution in [0.2, 0.25) is 0 Å². The third kappa shape index (κ3) is 3.71. The first-order valence-electron chi connectivity index (χ1n) is 8.52. The van der Waals surface area contributed by atoms with Gasteiger partial charge in [0, 0.05) is 23.9 Å². The summed E-state index contributed by atoms with van der Waals surface area (Å²) < 4.78 is 61.6. The number of phosphoric acid groups is 1. The van der Waals surface area contributed by atoms with Crippen molar-refractivity contribution in [2.45, 2.75) is 30.9 Å². The standard InChI is InChI=1S/C16H15F2N2O9P/c17-9-2-1-8-6-26-30(25,29-10(8)5-9)27-7-16(18)13(23)12(22)14(28-16)20-4-3-11(21)19-15(20)24/h1-5,12-14,22-23H,6-7H2,(H,19,21,24)/t12-,13+,14-,16-,30?/m1/s1. The zero-order valence-corrected chi connectivity index (χ0v) is 15.8. The van der Waals surface area contributed by atoms with Gasteiger partial charge in [0.2, 0.25) is 0 Å². The zero-order valence-electron chi connectivity index (χ0n) is 14.9. The van der Waals surface area contributed by atoms with Crippen LogP contribution in [0.15, 0.2) is 40.1 Å². The molecule has 0 aliphatic carbocycles. The second-order valence-electron chi connectivity index (χ2n) is 6.58. The minimum absolute atomic E-state index is 0.122. The molecular formula is C16H15F2N2O9P. The van der Waals surface area contributed by atoms with Gasteiger partial charge < -0.3 is 19.5 Å². The maximum Gasteiger partial charge on any atom is 0.530 e. The molecule has 0 bridgehead atoms. The van der Waals surface area contributed by atoms with E-state index < -0.39 is 55.8 Å². The number of hydrogen-bond donors (Lipinski definition) is 3. The Kier molecular flexibility index (Phi) is 5.12. The smallest absolute Gasteiger partial charge is 0.404 e. The van der Waals surface area contributed by atoms with Crippen LogP contribution in [0.4, 0.5) is 8.78 Å². The van der Waals surface area contributed by atoms with Crippen molar-refractivity contribution < 1.29 is 41.9 Å². The van der Waals surface area contributed by atoms with Crippen molar-refractivity contribution in [3.8, 4) is 5.75 Å². The first kappa shape index (κ1) is 20.8. The number of nitrogens with one attached hydrogen (secondary N) is 1. The zero-order chi connectivity index (χ0) is 21.7. The molecule has 1 aromatic heterocycles. The van der Waals surface area contributed by atoms with Gasteiger partial charge in [-0.3, -0.25) is 23.4 Å². The highest BCUT2D eigenvalue weighted by Gasteiger charge is 2.57. The summed E-state index contributed by atoms with van der Waals surface area (Å²) in [6.07, 6.45) is -4.94. The van der Waals surface area contributed by atoms with Gasteiger partial charge in [-0.05, 0) is 6.07 Å². The summed E-state index contributed by atoms with van der Waals surface area (Å²) in [5.74, 6) is -3.91. The number of benzene rings is 1. The Morgan fingerprint density at radius 1 is 1.33 bits per heavy atom. The van der Waals surface area contributed by atoms with Gasteiger partial charge in [-0.25, -0.2) is 18.1 Å². The molecule has 162 valence electrons. The number of hydrogen-bond acceptors (Lipinski definition) is 9. The number of H-pyrrole nitrogens is 1. The molecule has 5 atom stereocenters. The van der Waals surface area contributed by atoms with E-state index in [2.05, 4.69) is 0 Å². The van der Waals surface area contributed by atoms with E-state index in [-0.39, 0.29) is 12.4 Å². The van der Waals surface area contributed by atoms with Crippen LogP contribution in [0.25, 0.3) is 0 Å². The summed E-state index contributed by atoms with van der Waals surface area (Å²) in [4.78, 5) is 24.9. The summed E-state index contributed by atoms with van der Waals surface area (Å²) in [6, 6.07) is 4.36. The van der Waals surface area contributed by atoms with Crippen LogP contribution in [0.5, 0.6) is 5.75 Å². The van der Waals surface area contributed by atoms with Gasteiger partial charge in [0.15, 0.2) is 6.23 Å². The molecule has 14 heteroatoms. The van der Waals surface area contributed by atoms with Gasteiger partial charge in [0.25, 0.3) is 11.4 Å². The molecule has 11 nitrogen and oxygen atoms in total. The number of halogens is 2. The summed E-state index contributed by atoms with van der Waals surface area (Å²) >= 11 is 0. The Hall–Kier alpha value is -2.41. The van der Waals surface area contributed by atoms with E-state index in [4.69, 9.17) is 18.3 Å². The van der Waals surface area contributed by atoms with Crippen molar-refractivity contribution in [1.29, 1.82) is 0 Å². The van der Waals surface area contributed by atoms with E-state index in [9.17, 15) is 28.8 Å². The SMILES string of the molecule is O=c1ccn([C@@H]2O[C@](F)(COP3(=O)OCc4ccc(F)cc4O3)[C@@H](O)[C@H]2O)c(=O)[nH]1. The predicted octanol–water partition coefficient (Wildman–Crippen LogP) is 0.326. The summed E-state index contributed by atoms with van der Waals surface area (Å²) in [6.45, 7) is -1.49. The highest BCUT2D eigenvalue weighted by Crippen LogP contribution is 2.55. The van der Waals surface area contributed by atoms with Gasteiger partial charge in [-0.15, -0.1) is 0 Å². The largest absolute Gasteiger partial charge is 0.530 e. The fraction of sp³-hybridized carbons (Fsp3) is 0.375. The van der Waals surface area contributed by atoms with Gasteiger partial charge >= 0.3 is 13.5 Å². The molecule has 2 aliphatic heterocycles. The molecule has 2 aliphatic rings. The fourth-order valence-corrected chi connectivity index (χ4v) is 4.20. The van der Waals surface area contributed by atoms with E-state index in [0.29, 0.717) is 10.1 Å². The highest BCUT2D eigenvalue weighted by atomic mass is 31.2. The topological polar surface area (TPSA) is 149 Å². The van der Waals surface area contributed by atoms with Gasteiger partial charge in [-0.2, -0.15) is 0 Å². The molecule has 1 aromatic carbocycles. The predicted molar refractivity (Wildman–Crippen MR) is 92.7 cm³/mol. The van der Waals surface area contributed by atoms with E-state index >= 15 is 4.39 Å². The highest BCUT2D eigenvalue weighted by molar-refractivity contribution is 7.49. The van der Waals surface area contributed by atoms with Gasteiger partial charge in [-0.1, -0.05) is 6.07 Å². The Bertz CT molecular complexity index is 1140. The maximum absolute atomic E-state index is 15.2. The monoisotopic (exact) mass is 448 g/mol. The van der Waals surface area contributed by atoms with Crippen molar-refractivity contribution in [3.05, 3.63) is 62.7 Å². The van der Waals surface area contributed by atoms with Crippen LogP contribution in [-0.4, -0.2) is 44.4 Å². The average molecular weight is 448 g/mol. The molecule has 0 spiro atoms. The fourth-order valence-electron chi connectivity index (χ4n) is 2.98. The van der Waals surface area contributed by atoms with Gasteiger partial charge in [0.1, 0.15) is 30.4 Å². The normalized spacial score (nSPS) is 33.1. The van der Waals surface area contributed by atoms with E-state index in [1.165, 1.54) is 6.07 Å². The van der Waals surface area contributed by atoms with Crippen molar-refractivity contribution >= 4 is 7.82 Å². The van der Waals surface area contributed by atoms with Crippen molar-refractivity contribution in [3.63, 3.8) is 0 Å². The molecule has 1 unspecified atom stereocenters. The molecule has 1 fully saturated rings. The van der Waals surface area contributed by atoms with E-state index in [1.54, 1.807) is 0 Å². The number of ether oxygens (including phenoxy) is 1. The molecule has 30 heavy (non-hydrogen) atoms. The van der Waals surface area contributed by atoms with Crippen LogP contribution >= 0.6 is 7.82 Å². The molecule has 1 saturated heterocycles. The quantitative estimate of drug-likeness (QED) is 0.563. The molecule has 0 amide bonds. The molecule has 0 radical (unpaired) electrons. The third-order valence-corrected chi connectivity index (χ3v) is 5.85. The number of aliphatic hydroxyl groups excluding tert-OH is 2. The van der Waals surface area contributed by atoms with E-state index in [0.717, 1.165) is 24.4 Å². The van der Waals surface area contributed by atoms with Crippen LogP contribution in [0, 0.1) is 5.82 Å². The number of aliphatic hydroxyl groups is 2. The van der Waals surface area contributed by atoms with E-state index in [1.807, 2.05) is 4.98 Å². The summed E-state index contributed by atoms with van der Waals surface area (Å²) in [5.41, 5.74) is -1.37. The Balaban J connectivity index is 1.51. The molecule has 2 aromatic rings. The van der Waals surface area contributed by atoms with Crippen molar-refractivity contribution in [2.24, 2.45) is 0 Å². The van der Waals surface area contributed by atoms with Crippen LogP contribution in [0.1, 0.15) is 11.8 Å². The minimum Gasteiger partial charge on any atom is -0.404 e. The Labute approximate surface area is 166 Å². The number of rotatable bonds is 4. The maximum atomic E-state index is 15.2. The number of phosphoric ester groups is 1. The van der Waals surface area contributed by atoms with Gasteiger partial charge in [0.05, 0.1) is 6.61 Å². The second kappa shape index (κ2) is 7.38. The first-order valence-corrected chi connectivity index (χ1v) is 9.98. The number of aromatic amines is 1. The minimum atomic E-state index is -4.41. The molecule has 0 saturated carbocycles. The lowest BCUT2D eigenvalue weighted by molar-refractivity contribution is -0.205. The lowest BCUT2D eigenvalue weighted by atomic mass is 10.1. The number of fused-ring (bicyclic) bond motifs is 1. The van der Waals surface area contributed by atoms with Crippen molar-refractivity contribution in [2.75, 3.05) is 6.61 Å². The van der Waals surface area contributed by atoms with Crippen LogP contribution in [-0.2, 0) is 25.0 Å². The van der Waals surface area contributed by atoms with Crippen LogP contribution < -0.4 is 15.8 Å². The molecule has 3 N–H and O–H groups in total.